The van der Waals surface area contributed by atoms with Crippen molar-refractivity contribution in [2.45, 2.75) is 19.1 Å². The maximum atomic E-state index is 5.96. The number of aromatic nitrogens is 1. The first kappa shape index (κ1) is 11.6. The molecular formula is C14H16N2O. The number of para-hydroxylation sites is 1. The lowest BCUT2D eigenvalue weighted by molar-refractivity contribution is 0.180. The minimum atomic E-state index is -0.175. The molecule has 88 valence electrons. The van der Waals surface area contributed by atoms with Crippen LogP contribution in [-0.2, 0) is 0 Å². The molecule has 1 heterocycles. The molecule has 0 spiro atoms. The number of nitrogens with zero attached hydrogens (tertiary/aromatic N) is 1. The molecule has 0 aliphatic carbocycles. The Balaban J connectivity index is 2.20. The number of pyridine rings is 1. The van der Waals surface area contributed by atoms with Crippen molar-refractivity contribution in [3.8, 4) is 5.75 Å². The van der Waals surface area contributed by atoms with Gasteiger partial charge in [0.2, 0.25) is 0 Å². The molecule has 0 bridgehead atoms. The van der Waals surface area contributed by atoms with Gasteiger partial charge in [-0.1, -0.05) is 24.3 Å². The van der Waals surface area contributed by atoms with Gasteiger partial charge < -0.3 is 10.5 Å². The lowest BCUT2D eigenvalue weighted by Gasteiger charge is -2.22. The third kappa shape index (κ3) is 3.04. The zero-order valence-electron chi connectivity index (χ0n) is 9.78. The molecule has 0 saturated carbocycles. The Morgan fingerprint density at radius 2 is 1.88 bits per heavy atom. The summed E-state index contributed by atoms with van der Waals surface area (Å²) in [5.74, 6) is 0.818. The average Bonchev–Trinajstić information content (AvgIpc) is 2.38. The first-order valence-corrected chi connectivity index (χ1v) is 5.64. The fourth-order valence-electron chi connectivity index (χ4n) is 1.67. The predicted molar refractivity (Wildman–Crippen MR) is 67.7 cm³/mol. The van der Waals surface area contributed by atoms with Gasteiger partial charge in [0, 0.05) is 24.0 Å². The van der Waals surface area contributed by atoms with Crippen LogP contribution in [0.15, 0.2) is 54.9 Å². The van der Waals surface area contributed by atoms with Crippen LogP contribution < -0.4 is 10.5 Å². The van der Waals surface area contributed by atoms with Gasteiger partial charge in [-0.3, -0.25) is 4.98 Å². The lowest BCUT2D eigenvalue weighted by Crippen LogP contribution is -2.29. The number of nitrogens with two attached hydrogens (primary N) is 1. The van der Waals surface area contributed by atoms with E-state index in [0.29, 0.717) is 0 Å². The standard InChI is InChI=1S/C14H16N2O/c1-11(15)14(12-6-5-9-16-10-12)17-13-7-3-2-4-8-13/h2-11,14H,15H2,1H3. The Morgan fingerprint density at radius 1 is 1.12 bits per heavy atom. The summed E-state index contributed by atoms with van der Waals surface area (Å²) < 4.78 is 5.90. The SMILES string of the molecule is CC(N)C(Oc1ccccc1)c1cccnc1. The van der Waals surface area contributed by atoms with E-state index in [1.54, 1.807) is 12.4 Å². The van der Waals surface area contributed by atoms with Gasteiger partial charge in [-0.05, 0) is 25.1 Å². The van der Waals surface area contributed by atoms with Crippen molar-refractivity contribution in [3.05, 3.63) is 60.4 Å². The molecule has 0 aliphatic heterocycles. The van der Waals surface area contributed by atoms with E-state index in [2.05, 4.69) is 4.98 Å². The van der Waals surface area contributed by atoms with Crippen LogP contribution in [0.5, 0.6) is 5.75 Å². The number of ether oxygens (including phenoxy) is 1. The van der Waals surface area contributed by atoms with E-state index in [1.807, 2.05) is 49.4 Å². The van der Waals surface area contributed by atoms with Crippen LogP contribution in [0.4, 0.5) is 0 Å². The summed E-state index contributed by atoms with van der Waals surface area (Å²) in [6.07, 6.45) is 3.35. The van der Waals surface area contributed by atoms with Gasteiger partial charge in [-0.15, -0.1) is 0 Å². The predicted octanol–water partition coefficient (Wildman–Crippen LogP) is 2.55. The molecule has 0 aliphatic rings. The molecule has 2 rings (SSSR count). The van der Waals surface area contributed by atoms with Gasteiger partial charge in [0.1, 0.15) is 11.9 Å². The second-order valence-corrected chi connectivity index (χ2v) is 4.00. The van der Waals surface area contributed by atoms with E-state index in [4.69, 9.17) is 10.5 Å². The van der Waals surface area contributed by atoms with Gasteiger partial charge in [0.05, 0.1) is 0 Å². The van der Waals surface area contributed by atoms with E-state index in [1.165, 1.54) is 0 Å². The minimum Gasteiger partial charge on any atom is -0.484 e. The van der Waals surface area contributed by atoms with Crippen LogP contribution in [0.3, 0.4) is 0 Å². The summed E-state index contributed by atoms with van der Waals surface area (Å²) in [5.41, 5.74) is 6.96. The highest BCUT2D eigenvalue weighted by molar-refractivity contribution is 5.24. The van der Waals surface area contributed by atoms with Crippen molar-refractivity contribution in [2.24, 2.45) is 5.73 Å². The number of rotatable bonds is 4. The number of hydrogen-bond donors (Lipinski definition) is 1. The van der Waals surface area contributed by atoms with Crippen LogP contribution in [0.2, 0.25) is 0 Å². The van der Waals surface area contributed by atoms with Gasteiger partial charge in [0.15, 0.2) is 0 Å². The van der Waals surface area contributed by atoms with Crippen molar-refractivity contribution < 1.29 is 4.74 Å². The Morgan fingerprint density at radius 3 is 2.47 bits per heavy atom. The third-order valence-electron chi connectivity index (χ3n) is 2.50. The number of benzene rings is 1. The highest BCUT2D eigenvalue weighted by Gasteiger charge is 2.18. The Labute approximate surface area is 101 Å². The molecule has 2 atom stereocenters. The van der Waals surface area contributed by atoms with Crippen molar-refractivity contribution in [2.75, 3.05) is 0 Å². The summed E-state index contributed by atoms with van der Waals surface area (Å²) in [4.78, 5) is 4.09. The highest BCUT2D eigenvalue weighted by Crippen LogP contribution is 2.23. The fraction of sp³-hybridized carbons (Fsp3) is 0.214. The Bertz CT molecular complexity index is 442. The van der Waals surface area contributed by atoms with E-state index < -0.39 is 0 Å². The minimum absolute atomic E-state index is 0.0978. The smallest absolute Gasteiger partial charge is 0.140 e. The second kappa shape index (κ2) is 5.46. The molecule has 2 N–H and O–H groups in total. The molecule has 2 aromatic rings. The van der Waals surface area contributed by atoms with E-state index in [9.17, 15) is 0 Å². The normalized spacial score (nSPS) is 14.0. The molecule has 3 nitrogen and oxygen atoms in total. The van der Waals surface area contributed by atoms with E-state index in [0.717, 1.165) is 11.3 Å². The maximum absolute atomic E-state index is 5.96. The largest absolute Gasteiger partial charge is 0.484 e. The van der Waals surface area contributed by atoms with Gasteiger partial charge >= 0.3 is 0 Å². The van der Waals surface area contributed by atoms with E-state index >= 15 is 0 Å². The highest BCUT2D eigenvalue weighted by atomic mass is 16.5. The van der Waals surface area contributed by atoms with Gasteiger partial charge in [-0.2, -0.15) is 0 Å². The molecule has 0 radical (unpaired) electrons. The zero-order chi connectivity index (χ0) is 12.1. The van der Waals surface area contributed by atoms with Crippen LogP contribution in [0.25, 0.3) is 0 Å². The average molecular weight is 228 g/mol. The first-order valence-electron chi connectivity index (χ1n) is 5.64. The summed E-state index contributed by atoms with van der Waals surface area (Å²) >= 11 is 0. The van der Waals surface area contributed by atoms with Crippen LogP contribution in [0.1, 0.15) is 18.6 Å². The number of hydrogen-bond acceptors (Lipinski definition) is 3. The van der Waals surface area contributed by atoms with Crippen LogP contribution in [0, 0.1) is 0 Å². The molecule has 1 aromatic carbocycles. The topological polar surface area (TPSA) is 48.1 Å². The maximum Gasteiger partial charge on any atom is 0.140 e. The molecule has 0 saturated heterocycles. The molecule has 0 fully saturated rings. The van der Waals surface area contributed by atoms with Crippen molar-refractivity contribution >= 4 is 0 Å². The summed E-state index contributed by atoms with van der Waals surface area (Å²) in [6, 6.07) is 13.4. The summed E-state index contributed by atoms with van der Waals surface area (Å²) in [7, 11) is 0. The third-order valence-corrected chi connectivity index (χ3v) is 2.50. The second-order valence-electron chi connectivity index (χ2n) is 4.00. The molecule has 0 amide bonds. The van der Waals surface area contributed by atoms with Crippen LogP contribution in [-0.4, -0.2) is 11.0 Å². The lowest BCUT2D eigenvalue weighted by atomic mass is 10.1. The van der Waals surface area contributed by atoms with Gasteiger partial charge in [-0.25, -0.2) is 0 Å². The zero-order valence-corrected chi connectivity index (χ0v) is 9.78. The fourth-order valence-corrected chi connectivity index (χ4v) is 1.67. The molecule has 1 aromatic heterocycles. The first-order chi connectivity index (χ1) is 8.27. The molecule has 17 heavy (non-hydrogen) atoms. The molecular weight excluding hydrogens is 212 g/mol. The molecule has 3 heteroatoms. The Kier molecular flexibility index (Phi) is 3.73. The summed E-state index contributed by atoms with van der Waals surface area (Å²) in [6.45, 7) is 1.93. The quantitative estimate of drug-likeness (QED) is 0.874. The van der Waals surface area contributed by atoms with Crippen molar-refractivity contribution in [1.82, 2.24) is 4.98 Å². The van der Waals surface area contributed by atoms with Crippen molar-refractivity contribution in [3.63, 3.8) is 0 Å². The van der Waals surface area contributed by atoms with Crippen LogP contribution >= 0.6 is 0 Å². The van der Waals surface area contributed by atoms with Crippen molar-refractivity contribution in [1.29, 1.82) is 0 Å². The molecule has 2 unspecified atom stereocenters. The van der Waals surface area contributed by atoms with E-state index in [-0.39, 0.29) is 12.1 Å². The summed E-state index contributed by atoms with van der Waals surface area (Å²) in [5, 5.41) is 0. The monoisotopic (exact) mass is 228 g/mol. The van der Waals surface area contributed by atoms with Gasteiger partial charge in [0.25, 0.3) is 0 Å². The Hall–Kier alpha value is -1.87.